The molecule has 1 heterocycles. The van der Waals surface area contributed by atoms with Crippen LogP contribution in [0.4, 0.5) is 0 Å². The Morgan fingerprint density at radius 2 is 1.77 bits per heavy atom. The quantitative estimate of drug-likeness (QED) is 0.891. The first kappa shape index (κ1) is 15.2. The van der Waals surface area contributed by atoms with Crippen LogP contribution < -0.4 is 5.32 Å². The highest BCUT2D eigenvalue weighted by atomic mass is 16.5. The van der Waals surface area contributed by atoms with Crippen molar-refractivity contribution in [3.63, 3.8) is 0 Å². The molecule has 0 aromatic heterocycles. The molecule has 2 atom stereocenters. The van der Waals surface area contributed by atoms with E-state index in [-0.39, 0.29) is 6.04 Å². The van der Waals surface area contributed by atoms with Gasteiger partial charge in [-0.15, -0.1) is 0 Å². The summed E-state index contributed by atoms with van der Waals surface area (Å²) in [5, 5.41) is 14.0. The van der Waals surface area contributed by atoms with Gasteiger partial charge in [-0.25, -0.2) is 0 Å². The minimum atomic E-state index is -0.752. The molecule has 22 heavy (non-hydrogen) atoms. The molecule has 0 aliphatic carbocycles. The van der Waals surface area contributed by atoms with E-state index in [0.717, 1.165) is 0 Å². The molecule has 2 aromatic carbocycles. The maximum absolute atomic E-state index is 10.5. The second-order valence-electron chi connectivity index (χ2n) is 6.16. The molecular formula is C19H23NO2. The number of ether oxygens (including phenoxy) is 1. The van der Waals surface area contributed by atoms with Gasteiger partial charge in [0.05, 0.1) is 12.6 Å². The van der Waals surface area contributed by atoms with Crippen molar-refractivity contribution in [2.75, 3.05) is 19.8 Å². The molecule has 0 bridgehead atoms. The zero-order chi connectivity index (χ0) is 15.4. The van der Waals surface area contributed by atoms with E-state index in [2.05, 4.69) is 48.6 Å². The summed E-state index contributed by atoms with van der Waals surface area (Å²) in [6, 6.07) is 19.0. The third-order valence-corrected chi connectivity index (χ3v) is 4.26. The summed E-state index contributed by atoms with van der Waals surface area (Å²) in [6.07, 6.45) is 0.690. The zero-order valence-electron chi connectivity index (χ0n) is 13.0. The molecule has 116 valence electrons. The van der Waals surface area contributed by atoms with Gasteiger partial charge in [-0.2, -0.15) is 0 Å². The lowest BCUT2D eigenvalue weighted by atomic mass is 9.96. The molecule has 0 saturated carbocycles. The van der Waals surface area contributed by atoms with Gasteiger partial charge in [0, 0.05) is 19.6 Å². The van der Waals surface area contributed by atoms with E-state index in [4.69, 9.17) is 4.74 Å². The average molecular weight is 297 g/mol. The van der Waals surface area contributed by atoms with Crippen LogP contribution in [0.3, 0.4) is 0 Å². The largest absolute Gasteiger partial charge is 0.386 e. The Bertz CT molecular complexity index is 589. The van der Waals surface area contributed by atoms with Gasteiger partial charge in [0.1, 0.15) is 5.60 Å². The molecular weight excluding hydrogens is 274 g/mol. The van der Waals surface area contributed by atoms with E-state index in [1.807, 2.05) is 18.2 Å². The van der Waals surface area contributed by atoms with Gasteiger partial charge in [-0.05, 0) is 18.1 Å². The van der Waals surface area contributed by atoms with Crippen molar-refractivity contribution in [1.82, 2.24) is 5.32 Å². The van der Waals surface area contributed by atoms with Crippen LogP contribution in [0.15, 0.2) is 54.6 Å². The lowest BCUT2D eigenvalue weighted by Gasteiger charge is -2.26. The first-order valence-corrected chi connectivity index (χ1v) is 7.81. The molecule has 2 aromatic rings. The van der Waals surface area contributed by atoms with Crippen molar-refractivity contribution in [1.29, 1.82) is 0 Å². The second-order valence-corrected chi connectivity index (χ2v) is 6.16. The van der Waals surface area contributed by atoms with Crippen LogP contribution in [0.25, 0.3) is 0 Å². The van der Waals surface area contributed by atoms with Gasteiger partial charge < -0.3 is 15.2 Å². The molecule has 3 rings (SSSR count). The maximum atomic E-state index is 10.5. The monoisotopic (exact) mass is 297 g/mol. The van der Waals surface area contributed by atoms with E-state index in [1.54, 1.807) is 0 Å². The van der Waals surface area contributed by atoms with Crippen LogP contribution in [0.2, 0.25) is 0 Å². The van der Waals surface area contributed by atoms with Crippen LogP contribution in [-0.2, 0) is 4.74 Å². The zero-order valence-corrected chi connectivity index (χ0v) is 13.0. The van der Waals surface area contributed by atoms with Crippen molar-refractivity contribution in [2.45, 2.75) is 25.0 Å². The highest BCUT2D eigenvalue weighted by Gasteiger charge is 2.32. The number of nitrogens with one attached hydrogen (secondary N) is 1. The Morgan fingerprint density at radius 3 is 2.41 bits per heavy atom. The van der Waals surface area contributed by atoms with Gasteiger partial charge in [-0.3, -0.25) is 0 Å². The molecule has 1 aliphatic heterocycles. The van der Waals surface area contributed by atoms with Gasteiger partial charge in [0.25, 0.3) is 0 Å². The predicted octanol–water partition coefficient (Wildman–Crippen LogP) is 2.83. The van der Waals surface area contributed by atoms with E-state index in [0.29, 0.717) is 26.2 Å². The summed E-state index contributed by atoms with van der Waals surface area (Å²) in [7, 11) is 0. The molecule has 1 saturated heterocycles. The van der Waals surface area contributed by atoms with Crippen molar-refractivity contribution in [3.8, 4) is 0 Å². The lowest BCUT2D eigenvalue weighted by Crippen LogP contribution is -2.42. The van der Waals surface area contributed by atoms with Crippen molar-refractivity contribution < 1.29 is 9.84 Å². The predicted molar refractivity (Wildman–Crippen MR) is 87.9 cm³/mol. The van der Waals surface area contributed by atoms with Crippen LogP contribution in [0, 0.1) is 6.92 Å². The molecule has 0 amide bonds. The Morgan fingerprint density at radius 1 is 1.09 bits per heavy atom. The van der Waals surface area contributed by atoms with E-state index in [1.165, 1.54) is 16.7 Å². The second kappa shape index (κ2) is 6.61. The average Bonchev–Trinajstić information content (AvgIpc) is 2.97. The number of rotatable bonds is 5. The summed E-state index contributed by atoms with van der Waals surface area (Å²) >= 11 is 0. The molecule has 0 spiro atoms. The Hall–Kier alpha value is -1.68. The Balaban J connectivity index is 1.81. The molecule has 0 radical (unpaired) electrons. The SMILES string of the molecule is Cc1ccc(C(NCC2(O)CCOC2)c2ccccc2)cc1. The number of aliphatic hydroxyl groups is 1. The summed E-state index contributed by atoms with van der Waals surface area (Å²) < 4.78 is 5.33. The van der Waals surface area contributed by atoms with E-state index < -0.39 is 5.60 Å². The van der Waals surface area contributed by atoms with Crippen LogP contribution in [-0.4, -0.2) is 30.5 Å². The topological polar surface area (TPSA) is 41.5 Å². The van der Waals surface area contributed by atoms with Crippen LogP contribution >= 0.6 is 0 Å². The summed E-state index contributed by atoms with van der Waals surface area (Å²) in [5.41, 5.74) is 2.91. The van der Waals surface area contributed by atoms with Crippen LogP contribution in [0.5, 0.6) is 0 Å². The van der Waals surface area contributed by atoms with Crippen molar-refractivity contribution in [3.05, 3.63) is 71.3 Å². The summed E-state index contributed by atoms with van der Waals surface area (Å²) in [5.74, 6) is 0. The third kappa shape index (κ3) is 3.55. The molecule has 2 unspecified atom stereocenters. The molecule has 3 nitrogen and oxygen atoms in total. The summed E-state index contributed by atoms with van der Waals surface area (Å²) in [6.45, 7) is 3.67. The number of hydrogen-bond donors (Lipinski definition) is 2. The van der Waals surface area contributed by atoms with Gasteiger partial charge in [0.15, 0.2) is 0 Å². The lowest BCUT2D eigenvalue weighted by molar-refractivity contribution is 0.0257. The third-order valence-electron chi connectivity index (χ3n) is 4.26. The fourth-order valence-electron chi connectivity index (χ4n) is 2.86. The first-order chi connectivity index (χ1) is 10.7. The van der Waals surface area contributed by atoms with E-state index >= 15 is 0 Å². The molecule has 1 fully saturated rings. The smallest absolute Gasteiger partial charge is 0.103 e. The minimum absolute atomic E-state index is 0.0754. The fraction of sp³-hybridized carbons (Fsp3) is 0.368. The maximum Gasteiger partial charge on any atom is 0.103 e. The fourth-order valence-corrected chi connectivity index (χ4v) is 2.86. The highest BCUT2D eigenvalue weighted by molar-refractivity contribution is 5.33. The van der Waals surface area contributed by atoms with E-state index in [9.17, 15) is 5.11 Å². The number of hydrogen-bond acceptors (Lipinski definition) is 3. The standard InChI is InChI=1S/C19H23NO2/c1-15-7-9-17(10-8-15)18(16-5-3-2-4-6-16)20-13-19(21)11-12-22-14-19/h2-10,18,20-21H,11-14H2,1H3. The van der Waals surface area contributed by atoms with Crippen molar-refractivity contribution in [2.24, 2.45) is 0 Å². The minimum Gasteiger partial charge on any atom is -0.386 e. The first-order valence-electron chi connectivity index (χ1n) is 7.81. The Kier molecular flexibility index (Phi) is 4.57. The van der Waals surface area contributed by atoms with Crippen LogP contribution in [0.1, 0.15) is 29.2 Å². The van der Waals surface area contributed by atoms with Gasteiger partial charge in [0.2, 0.25) is 0 Å². The van der Waals surface area contributed by atoms with Gasteiger partial charge in [-0.1, -0.05) is 60.2 Å². The normalized spacial score (nSPS) is 22.6. The van der Waals surface area contributed by atoms with Gasteiger partial charge >= 0.3 is 0 Å². The number of benzene rings is 2. The summed E-state index contributed by atoms with van der Waals surface area (Å²) in [4.78, 5) is 0. The number of aryl methyl sites for hydroxylation is 1. The molecule has 3 heteroatoms. The molecule has 2 N–H and O–H groups in total. The van der Waals surface area contributed by atoms with Crippen molar-refractivity contribution >= 4 is 0 Å². The Labute approximate surface area is 131 Å². The molecule has 1 aliphatic rings. The highest BCUT2D eigenvalue weighted by Crippen LogP contribution is 2.24.